The van der Waals surface area contributed by atoms with Crippen molar-refractivity contribution in [3.05, 3.63) is 90.3 Å². The van der Waals surface area contributed by atoms with Crippen molar-refractivity contribution in [2.45, 2.75) is 12.8 Å². The third-order valence-electron chi connectivity index (χ3n) is 4.02. The fourth-order valence-corrected chi connectivity index (χ4v) is 2.66. The Kier molecular flexibility index (Phi) is 5.15. The van der Waals surface area contributed by atoms with Crippen LogP contribution in [0, 0.1) is 0 Å². The minimum atomic E-state index is 0.543. The maximum Gasteiger partial charge on any atom is 0.213 e. The minimum Gasteiger partial charge on any atom is -0.477 e. The van der Waals surface area contributed by atoms with Crippen molar-refractivity contribution in [2.75, 3.05) is 6.61 Å². The number of hydrogen-bond acceptors (Lipinski definition) is 6. The molecule has 0 spiro atoms. The molecule has 0 radical (unpaired) electrons. The van der Waals surface area contributed by atoms with E-state index in [1.54, 1.807) is 24.8 Å². The van der Waals surface area contributed by atoms with Gasteiger partial charge in [0.2, 0.25) is 5.88 Å². The second kappa shape index (κ2) is 8.23. The van der Waals surface area contributed by atoms with Crippen LogP contribution in [0.2, 0.25) is 0 Å². The third-order valence-corrected chi connectivity index (χ3v) is 4.02. The number of hydrogen-bond donors (Lipinski definition) is 0. The summed E-state index contributed by atoms with van der Waals surface area (Å²) in [5.74, 6) is 1.31. The van der Waals surface area contributed by atoms with Crippen molar-refractivity contribution in [1.29, 1.82) is 0 Å². The first-order valence-electron chi connectivity index (χ1n) is 8.70. The monoisotopic (exact) mass is 358 g/mol. The van der Waals surface area contributed by atoms with Crippen LogP contribution in [0.1, 0.15) is 17.0 Å². The van der Waals surface area contributed by atoms with E-state index in [0.717, 1.165) is 28.9 Å². The Labute approximate surface area is 156 Å². The van der Waals surface area contributed by atoms with Crippen molar-refractivity contribution in [3.63, 3.8) is 0 Å². The molecule has 0 aliphatic carbocycles. The predicted octanol–water partition coefficient (Wildman–Crippen LogP) is 3.74. The van der Waals surface area contributed by atoms with Gasteiger partial charge in [-0.1, -0.05) is 17.3 Å². The van der Waals surface area contributed by atoms with Gasteiger partial charge in [-0.15, -0.1) is 0 Å². The Hall–Kier alpha value is -3.54. The molecule has 134 valence electrons. The van der Waals surface area contributed by atoms with E-state index >= 15 is 0 Å². The van der Waals surface area contributed by atoms with E-state index in [0.29, 0.717) is 24.7 Å². The lowest BCUT2D eigenvalue weighted by Crippen LogP contribution is -2.04. The molecule has 0 unspecified atom stereocenters. The lowest BCUT2D eigenvalue weighted by Gasteiger charge is -2.05. The van der Waals surface area contributed by atoms with E-state index in [1.807, 2.05) is 48.5 Å². The molecule has 0 aliphatic rings. The van der Waals surface area contributed by atoms with E-state index in [2.05, 4.69) is 20.1 Å². The summed E-state index contributed by atoms with van der Waals surface area (Å²) >= 11 is 0. The molecule has 0 aromatic carbocycles. The zero-order valence-corrected chi connectivity index (χ0v) is 14.7. The van der Waals surface area contributed by atoms with Crippen LogP contribution in [0.25, 0.3) is 11.3 Å². The molecule has 6 heteroatoms. The summed E-state index contributed by atoms with van der Waals surface area (Å²) < 4.78 is 11.1. The second-order valence-corrected chi connectivity index (χ2v) is 6.03. The smallest absolute Gasteiger partial charge is 0.213 e. The molecule has 0 N–H and O–H groups in total. The third kappa shape index (κ3) is 4.55. The van der Waals surface area contributed by atoms with Crippen LogP contribution < -0.4 is 4.74 Å². The Morgan fingerprint density at radius 1 is 0.889 bits per heavy atom. The van der Waals surface area contributed by atoms with Crippen molar-refractivity contribution in [1.82, 2.24) is 20.1 Å². The first-order chi connectivity index (χ1) is 13.4. The van der Waals surface area contributed by atoms with Crippen LogP contribution >= 0.6 is 0 Å². The molecule has 0 atom stereocenters. The first-order valence-corrected chi connectivity index (χ1v) is 8.70. The van der Waals surface area contributed by atoms with E-state index in [1.165, 1.54) is 0 Å². The minimum absolute atomic E-state index is 0.543. The molecule has 0 fully saturated rings. The summed E-state index contributed by atoms with van der Waals surface area (Å²) in [5.41, 5.74) is 3.80. The standard InChI is InChI=1S/C21H18N4O2/c1-2-10-23-18(5-1)8-11-26-21-7-6-16(14-24-21)12-19-13-20(27-25-19)17-4-3-9-22-15-17/h1-7,9-10,13-15H,8,11-12H2. The van der Waals surface area contributed by atoms with Gasteiger partial charge in [-0.3, -0.25) is 9.97 Å². The summed E-state index contributed by atoms with van der Waals surface area (Å²) in [7, 11) is 0. The molecule has 27 heavy (non-hydrogen) atoms. The highest BCUT2D eigenvalue weighted by atomic mass is 16.5. The molecule has 0 amide bonds. The van der Waals surface area contributed by atoms with Gasteiger partial charge in [0.05, 0.1) is 12.3 Å². The van der Waals surface area contributed by atoms with Gasteiger partial charge in [-0.05, 0) is 29.8 Å². The SMILES string of the molecule is c1ccc(CCOc2ccc(Cc3cc(-c4cccnc4)on3)cn2)nc1. The van der Waals surface area contributed by atoms with E-state index in [4.69, 9.17) is 9.26 Å². The van der Waals surface area contributed by atoms with Gasteiger partial charge in [-0.25, -0.2) is 4.98 Å². The maximum absolute atomic E-state index is 5.68. The highest BCUT2D eigenvalue weighted by molar-refractivity contribution is 5.55. The Balaban J connectivity index is 1.32. The van der Waals surface area contributed by atoms with Crippen LogP contribution in [0.15, 0.2) is 77.8 Å². The molecular weight excluding hydrogens is 340 g/mol. The molecule has 4 rings (SSSR count). The van der Waals surface area contributed by atoms with Gasteiger partial charge in [-0.2, -0.15) is 0 Å². The molecule has 6 nitrogen and oxygen atoms in total. The number of ether oxygens (including phenoxy) is 1. The van der Waals surface area contributed by atoms with Crippen LogP contribution in [0.5, 0.6) is 5.88 Å². The van der Waals surface area contributed by atoms with Crippen molar-refractivity contribution >= 4 is 0 Å². The van der Waals surface area contributed by atoms with Crippen LogP contribution in [0.4, 0.5) is 0 Å². The Morgan fingerprint density at radius 3 is 2.67 bits per heavy atom. The van der Waals surface area contributed by atoms with Crippen molar-refractivity contribution in [3.8, 4) is 17.2 Å². The van der Waals surface area contributed by atoms with E-state index in [-0.39, 0.29) is 0 Å². The lowest BCUT2D eigenvalue weighted by atomic mass is 10.1. The highest BCUT2D eigenvalue weighted by Gasteiger charge is 2.08. The molecule has 0 bridgehead atoms. The van der Waals surface area contributed by atoms with Gasteiger partial charge in [0.15, 0.2) is 5.76 Å². The zero-order valence-electron chi connectivity index (χ0n) is 14.7. The molecular formula is C21H18N4O2. The van der Waals surface area contributed by atoms with E-state index < -0.39 is 0 Å². The fraction of sp³-hybridized carbons (Fsp3) is 0.143. The molecule has 0 saturated carbocycles. The molecule has 0 saturated heterocycles. The summed E-state index contributed by atoms with van der Waals surface area (Å²) in [5, 5.41) is 4.12. The summed E-state index contributed by atoms with van der Waals surface area (Å²) in [6.45, 7) is 0.543. The van der Waals surface area contributed by atoms with E-state index in [9.17, 15) is 0 Å². The number of nitrogens with zero attached hydrogens (tertiary/aromatic N) is 4. The molecule has 0 aliphatic heterocycles. The maximum atomic E-state index is 5.68. The van der Waals surface area contributed by atoms with Gasteiger partial charge in [0.1, 0.15) is 0 Å². The Bertz CT molecular complexity index is 970. The fourth-order valence-electron chi connectivity index (χ4n) is 2.66. The largest absolute Gasteiger partial charge is 0.477 e. The van der Waals surface area contributed by atoms with Gasteiger partial charge in [0.25, 0.3) is 0 Å². The quantitative estimate of drug-likeness (QED) is 0.501. The van der Waals surface area contributed by atoms with Crippen molar-refractivity contribution < 1.29 is 9.26 Å². The lowest BCUT2D eigenvalue weighted by molar-refractivity contribution is 0.308. The van der Waals surface area contributed by atoms with Gasteiger partial charge >= 0.3 is 0 Å². The number of rotatable bonds is 7. The molecule has 4 aromatic rings. The first kappa shape index (κ1) is 16.9. The number of aromatic nitrogens is 4. The van der Waals surface area contributed by atoms with Crippen LogP contribution in [-0.4, -0.2) is 26.7 Å². The van der Waals surface area contributed by atoms with Gasteiger partial charge < -0.3 is 9.26 Å². The Morgan fingerprint density at radius 2 is 1.89 bits per heavy atom. The average Bonchev–Trinajstić information content (AvgIpc) is 3.19. The summed E-state index contributed by atoms with van der Waals surface area (Å²) in [4.78, 5) is 12.7. The molecule has 4 heterocycles. The average molecular weight is 358 g/mol. The highest BCUT2D eigenvalue weighted by Crippen LogP contribution is 2.20. The second-order valence-electron chi connectivity index (χ2n) is 6.03. The summed E-state index contributed by atoms with van der Waals surface area (Å²) in [6, 6.07) is 15.4. The van der Waals surface area contributed by atoms with Gasteiger partial charge in [0, 0.05) is 61.0 Å². The van der Waals surface area contributed by atoms with Crippen LogP contribution in [-0.2, 0) is 12.8 Å². The van der Waals surface area contributed by atoms with Crippen molar-refractivity contribution in [2.24, 2.45) is 0 Å². The summed E-state index contributed by atoms with van der Waals surface area (Å²) in [6.07, 6.45) is 8.46. The molecule has 4 aromatic heterocycles. The topological polar surface area (TPSA) is 73.9 Å². The normalized spacial score (nSPS) is 10.7. The predicted molar refractivity (Wildman–Crippen MR) is 100 cm³/mol. The zero-order chi connectivity index (χ0) is 18.3. The number of pyridine rings is 3. The van der Waals surface area contributed by atoms with Crippen LogP contribution in [0.3, 0.4) is 0 Å².